The summed E-state index contributed by atoms with van der Waals surface area (Å²) in [4.78, 5) is 26.1. The van der Waals surface area contributed by atoms with Crippen molar-refractivity contribution in [3.05, 3.63) is 71.8 Å². The number of para-hydroxylation sites is 1. The topological polar surface area (TPSA) is 113 Å². The lowest BCUT2D eigenvalue weighted by Crippen LogP contribution is -2.35. The van der Waals surface area contributed by atoms with Gasteiger partial charge in [0.15, 0.2) is 11.6 Å². The fourth-order valence-corrected chi connectivity index (χ4v) is 5.12. The quantitative estimate of drug-likeness (QED) is 0.294. The Labute approximate surface area is 218 Å². The Morgan fingerprint density at radius 3 is 2.97 bits per heavy atom. The molecule has 2 aliphatic heterocycles. The van der Waals surface area contributed by atoms with Crippen molar-refractivity contribution < 1.29 is 18.7 Å². The average molecular weight is 515 g/mol. The third-order valence-electron chi connectivity index (χ3n) is 6.88. The van der Waals surface area contributed by atoms with Crippen LogP contribution in [0.25, 0.3) is 22.3 Å². The molecule has 1 aromatic carbocycles. The van der Waals surface area contributed by atoms with E-state index >= 15 is 0 Å². The summed E-state index contributed by atoms with van der Waals surface area (Å²) in [6.45, 7) is 1.09. The van der Waals surface area contributed by atoms with E-state index in [9.17, 15) is 9.18 Å². The van der Waals surface area contributed by atoms with Crippen molar-refractivity contribution in [3.63, 3.8) is 0 Å². The number of aromatic amines is 1. The maximum Gasteiger partial charge on any atom is 0.255 e. The number of hydrogen-bond acceptors (Lipinski definition) is 7. The molecule has 5 heterocycles. The first kappa shape index (κ1) is 23.9. The number of aromatic nitrogens is 3. The molecule has 10 heteroatoms. The highest BCUT2D eigenvalue weighted by atomic mass is 19.1. The van der Waals surface area contributed by atoms with Crippen molar-refractivity contribution >= 4 is 28.3 Å². The summed E-state index contributed by atoms with van der Waals surface area (Å²) in [5.41, 5.74) is 4.87. The number of nitrogens with zero attached hydrogens (tertiary/aromatic N) is 2. The van der Waals surface area contributed by atoms with Gasteiger partial charge in [0.1, 0.15) is 11.6 Å². The third-order valence-corrected chi connectivity index (χ3v) is 6.88. The molecule has 2 aliphatic rings. The number of hydrogen-bond donors (Lipinski definition) is 4. The number of likely N-dealkylation sites (N-methyl/N-ethyl adjacent to an activating group) is 1. The Morgan fingerprint density at radius 2 is 2.13 bits per heavy atom. The number of pyridine rings is 2. The molecule has 9 nitrogen and oxygen atoms in total. The standard InChI is InChI=1S/C28H27FN6O3/c1-30-14-16-6-3-5-15-13-32-28(36)22-23(15)35-25(26(22)33-20-8-4-7-18(29)27(20)37-2)17-11-12-31-19-9-10-21(38-16)34-24(17)19/h3-4,6-12,15-16,30,33,35H,5,13-14H2,1-2H3,(H,32,36)/b6-3-. The van der Waals surface area contributed by atoms with Gasteiger partial charge < -0.3 is 30.4 Å². The fraction of sp³-hybridized carbons (Fsp3) is 0.250. The minimum absolute atomic E-state index is 0.00737. The number of carbonyl (C=O) groups excluding carboxylic acids is 1. The van der Waals surface area contributed by atoms with Crippen molar-refractivity contribution in [1.29, 1.82) is 0 Å². The number of methoxy groups -OCH3 is 1. The third kappa shape index (κ3) is 4.12. The zero-order chi connectivity index (χ0) is 26.2. The van der Waals surface area contributed by atoms with E-state index in [0.717, 1.165) is 11.3 Å². The number of H-pyrrole nitrogens is 1. The van der Waals surface area contributed by atoms with Gasteiger partial charge in [-0.2, -0.15) is 0 Å². The molecular formula is C28H27FN6O3. The lowest BCUT2D eigenvalue weighted by molar-refractivity contribution is 0.0941. The van der Waals surface area contributed by atoms with Crippen molar-refractivity contribution in [2.24, 2.45) is 0 Å². The second-order valence-corrected chi connectivity index (χ2v) is 9.27. The van der Waals surface area contributed by atoms with Gasteiger partial charge in [-0.3, -0.25) is 9.78 Å². The van der Waals surface area contributed by atoms with Crippen molar-refractivity contribution in [2.45, 2.75) is 18.4 Å². The Hall–Kier alpha value is -4.44. The largest absolute Gasteiger partial charge is 0.492 e. The van der Waals surface area contributed by atoms with Crippen LogP contribution in [-0.2, 0) is 0 Å². The predicted molar refractivity (Wildman–Crippen MR) is 143 cm³/mol. The number of amides is 1. The monoisotopic (exact) mass is 514 g/mol. The Bertz CT molecular complexity index is 1570. The molecule has 0 aliphatic carbocycles. The number of halogens is 1. The number of nitrogens with one attached hydrogen (secondary N) is 4. The maximum absolute atomic E-state index is 14.6. The first-order valence-corrected chi connectivity index (χ1v) is 12.4. The van der Waals surface area contributed by atoms with E-state index in [1.165, 1.54) is 13.2 Å². The number of rotatable bonds is 5. The van der Waals surface area contributed by atoms with Crippen molar-refractivity contribution in [2.75, 3.05) is 32.6 Å². The number of carbonyl (C=O) groups is 1. The summed E-state index contributed by atoms with van der Waals surface area (Å²) in [6.07, 6.45) is 6.24. The highest BCUT2D eigenvalue weighted by Gasteiger charge is 2.33. The van der Waals surface area contributed by atoms with Crippen LogP contribution in [0.1, 0.15) is 28.4 Å². The SMILES string of the molecule is CNCC1/C=C\CC2CNC(=O)c3c2[nH]c(c3Nc2cccc(F)c2OC)-c2ccnc3ccc(nc23)O1. The molecule has 4 N–H and O–H groups in total. The van der Waals surface area contributed by atoms with E-state index in [0.29, 0.717) is 59.1 Å². The molecule has 2 atom stereocenters. The van der Waals surface area contributed by atoms with Gasteiger partial charge in [0.05, 0.1) is 35.3 Å². The average Bonchev–Trinajstić information content (AvgIpc) is 3.29. The molecule has 0 saturated carbocycles. The van der Waals surface area contributed by atoms with E-state index in [4.69, 9.17) is 14.5 Å². The molecule has 194 valence electrons. The molecule has 0 radical (unpaired) electrons. The summed E-state index contributed by atoms with van der Waals surface area (Å²) in [7, 11) is 3.28. The zero-order valence-electron chi connectivity index (χ0n) is 21.0. The Balaban J connectivity index is 1.61. The molecule has 4 aromatic rings. The van der Waals surface area contributed by atoms with E-state index in [1.54, 1.807) is 24.4 Å². The van der Waals surface area contributed by atoms with Crippen LogP contribution in [0.15, 0.2) is 54.7 Å². The van der Waals surface area contributed by atoms with Crippen LogP contribution in [0.5, 0.6) is 11.6 Å². The van der Waals surface area contributed by atoms with Crippen LogP contribution >= 0.6 is 0 Å². The Morgan fingerprint density at radius 1 is 1.24 bits per heavy atom. The van der Waals surface area contributed by atoms with Crippen LogP contribution < -0.4 is 25.4 Å². The van der Waals surface area contributed by atoms with E-state index in [1.807, 2.05) is 25.3 Å². The van der Waals surface area contributed by atoms with Gasteiger partial charge in [-0.05, 0) is 43.8 Å². The molecule has 1 amide bonds. The predicted octanol–water partition coefficient (Wildman–Crippen LogP) is 4.27. The summed E-state index contributed by atoms with van der Waals surface area (Å²) >= 11 is 0. The Kier molecular flexibility index (Phi) is 6.16. The summed E-state index contributed by atoms with van der Waals surface area (Å²) in [5.74, 6) is -0.205. The molecule has 4 bridgehead atoms. The molecule has 0 spiro atoms. The van der Waals surface area contributed by atoms with Crippen LogP contribution in [0.3, 0.4) is 0 Å². The lowest BCUT2D eigenvalue weighted by atomic mass is 9.93. The summed E-state index contributed by atoms with van der Waals surface area (Å²) in [6, 6.07) is 10.1. The fourth-order valence-electron chi connectivity index (χ4n) is 5.12. The van der Waals surface area contributed by atoms with E-state index in [-0.39, 0.29) is 23.7 Å². The second kappa shape index (κ2) is 9.79. The maximum atomic E-state index is 14.6. The molecule has 38 heavy (non-hydrogen) atoms. The van der Waals surface area contributed by atoms with Gasteiger partial charge >= 0.3 is 0 Å². The zero-order valence-corrected chi connectivity index (χ0v) is 21.0. The molecule has 2 unspecified atom stereocenters. The minimum atomic E-state index is -0.507. The number of benzene rings is 1. The van der Waals surface area contributed by atoms with Gasteiger partial charge in [-0.25, -0.2) is 9.37 Å². The minimum Gasteiger partial charge on any atom is -0.492 e. The highest BCUT2D eigenvalue weighted by molar-refractivity contribution is 6.08. The molecule has 0 saturated heterocycles. The molecular weight excluding hydrogens is 487 g/mol. The van der Waals surface area contributed by atoms with Gasteiger partial charge in [-0.1, -0.05) is 12.1 Å². The number of anilines is 2. The normalized spacial score (nSPS) is 19.1. The van der Waals surface area contributed by atoms with Crippen LogP contribution in [0.2, 0.25) is 0 Å². The van der Waals surface area contributed by atoms with Crippen molar-refractivity contribution in [1.82, 2.24) is 25.6 Å². The van der Waals surface area contributed by atoms with Gasteiger partial charge in [0.2, 0.25) is 5.88 Å². The smallest absolute Gasteiger partial charge is 0.255 e. The first-order valence-electron chi connectivity index (χ1n) is 12.4. The van der Waals surface area contributed by atoms with Gasteiger partial charge in [0.25, 0.3) is 5.91 Å². The number of allylic oxidation sites excluding steroid dienone is 1. The van der Waals surface area contributed by atoms with Crippen LogP contribution in [-0.4, -0.2) is 54.2 Å². The first-order chi connectivity index (χ1) is 18.6. The number of fused-ring (bicyclic) bond motifs is 3. The summed E-state index contributed by atoms with van der Waals surface area (Å²) in [5, 5.41) is 9.48. The van der Waals surface area contributed by atoms with Crippen molar-refractivity contribution in [3.8, 4) is 22.9 Å². The second-order valence-electron chi connectivity index (χ2n) is 9.27. The molecule has 6 rings (SSSR count). The van der Waals surface area contributed by atoms with E-state index < -0.39 is 5.82 Å². The number of ether oxygens (including phenoxy) is 2. The van der Waals surface area contributed by atoms with Gasteiger partial charge in [0, 0.05) is 42.5 Å². The molecule has 3 aromatic heterocycles. The molecule has 0 fully saturated rings. The van der Waals surface area contributed by atoms with Crippen LogP contribution in [0.4, 0.5) is 15.8 Å². The van der Waals surface area contributed by atoms with E-state index in [2.05, 4.69) is 32.0 Å². The summed E-state index contributed by atoms with van der Waals surface area (Å²) < 4.78 is 26.1. The lowest BCUT2D eigenvalue weighted by Gasteiger charge is -2.23. The highest BCUT2D eigenvalue weighted by Crippen LogP contribution is 2.43. The van der Waals surface area contributed by atoms with Crippen LogP contribution in [0, 0.1) is 5.82 Å². The van der Waals surface area contributed by atoms with Gasteiger partial charge in [-0.15, -0.1) is 0 Å².